The Bertz CT molecular complexity index is 1090. The van der Waals surface area contributed by atoms with Gasteiger partial charge in [0.2, 0.25) is 0 Å². The van der Waals surface area contributed by atoms with Crippen LogP contribution in [0.2, 0.25) is 0 Å². The van der Waals surface area contributed by atoms with Gasteiger partial charge in [0.15, 0.2) is 5.82 Å². The van der Waals surface area contributed by atoms with E-state index < -0.39 is 11.6 Å². The van der Waals surface area contributed by atoms with E-state index in [4.69, 9.17) is 9.97 Å². The van der Waals surface area contributed by atoms with Crippen LogP contribution in [0.15, 0.2) is 48.8 Å². The van der Waals surface area contributed by atoms with Crippen LogP contribution in [0.4, 0.5) is 10.6 Å². The highest BCUT2D eigenvalue weighted by Gasteiger charge is 2.49. The number of hydrogen-bond donors (Lipinski definition) is 2. The molecule has 28 heavy (non-hydrogen) atoms. The average molecular weight is 374 g/mol. The molecule has 2 saturated heterocycles. The van der Waals surface area contributed by atoms with Gasteiger partial charge in [0.05, 0.1) is 12.1 Å². The molecule has 140 valence electrons. The molecule has 2 aliphatic rings. The van der Waals surface area contributed by atoms with Crippen LogP contribution in [0.5, 0.6) is 0 Å². The van der Waals surface area contributed by atoms with Crippen molar-refractivity contribution in [2.75, 3.05) is 18.0 Å². The molecule has 2 N–H and O–H groups in total. The van der Waals surface area contributed by atoms with Crippen molar-refractivity contribution in [1.82, 2.24) is 25.6 Å². The van der Waals surface area contributed by atoms with Gasteiger partial charge in [-0.3, -0.25) is 15.1 Å². The SMILES string of the molecule is O=C1NC(=O)C2(CCCN(c3nc(-c4cccnc4)nc4ccccc34)C2)N1. The van der Waals surface area contributed by atoms with Gasteiger partial charge >= 0.3 is 6.03 Å². The molecule has 1 unspecified atom stereocenters. The van der Waals surface area contributed by atoms with E-state index >= 15 is 0 Å². The van der Waals surface area contributed by atoms with Crippen LogP contribution in [-0.4, -0.2) is 45.5 Å². The molecule has 1 atom stereocenters. The molecule has 2 aromatic heterocycles. The van der Waals surface area contributed by atoms with Crippen LogP contribution in [-0.2, 0) is 4.79 Å². The molecule has 8 heteroatoms. The maximum Gasteiger partial charge on any atom is 0.322 e. The molecular formula is C20H18N6O2. The fourth-order valence-corrected chi connectivity index (χ4v) is 3.98. The maximum atomic E-state index is 12.4. The number of fused-ring (bicyclic) bond motifs is 1. The molecule has 3 amide bonds. The summed E-state index contributed by atoms with van der Waals surface area (Å²) in [6.45, 7) is 1.12. The Morgan fingerprint density at radius 2 is 1.96 bits per heavy atom. The number of nitrogens with one attached hydrogen (secondary N) is 2. The first-order valence-corrected chi connectivity index (χ1v) is 9.20. The average Bonchev–Trinajstić information content (AvgIpc) is 3.00. The predicted octanol–water partition coefficient (Wildman–Crippen LogP) is 1.87. The summed E-state index contributed by atoms with van der Waals surface area (Å²) >= 11 is 0. The van der Waals surface area contributed by atoms with Crippen LogP contribution < -0.4 is 15.5 Å². The number of nitrogens with zero attached hydrogens (tertiary/aromatic N) is 4. The fraction of sp³-hybridized carbons (Fsp3) is 0.250. The number of urea groups is 1. The number of pyridine rings is 1. The maximum absolute atomic E-state index is 12.4. The Morgan fingerprint density at radius 1 is 1.07 bits per heavy atom. The fourth-order valence-electron chi connectivity index (χ4n) is 3.98. The zero-order chi connectivity index (χ0) is 19.1. The summed E-state index contributed by atoms with van der Waals surface area (Å²) in [5.41, 5.74) is 0.745. The summed E-state index contributed by atoms with van der Waals surface area (Å²) in [4.78, 5) is 39.9. The van der Waals surface area contributed by atoms with Crippen LogP contribution in [0.1, 0.15) is 12.8 Å². The molecule has 1 spiro atoms. The third-order valence-electron chi connectivity index (χ3n) is 5.31. The van der Waals surface area contributed by atoms with E-state index in [1.54, 1.807) is 12.4 Å². The lowest BCUT2D eigenvalue weighted by molar-refractivity contribution is -0.124. The number of aromatic nitrogens is 3. The molecule has 0 saturated carbocycles. The van der Waals surface area contributed by atoms with E-state index in [1.807, 2.05) is 36.4 Å². The second kappa shape index (κ2) is 6.26. The Hall–Kier alpha value is -3.55. The lowest BCUT2D eigenvalue weighted by atomic mass is 9.89. The third-order valence-corrected chi connectivity index (χ3v) is 5.31. The monoisotopic (exact) mass is 374 g/mol. The first kappa shape index (κ1) is 16.6. The molecule has 0 aliphatic carbocycles. The van der Waals surface area contributed by atoms with Crippen molar-refractivity contribution in [3.8, 4) is 11.4 Å². The quantitative estimate of drug-likeness (QED) is 0.664. The Morgan fingerprint density at radius 3 is 2.75 bits per heavy atom. The van der Waals surface area contributed by atoms with E-state index in [9.17, 15) is 9.59 Å². The molecule has 3 aromatic rings. The molecule has 4 heterocycles. The topological polar surface area (TPSA) is 100 Å². The number of piperidine rings is 1. The lowest BCUT2D eigenvalue weighted by Gasteiger charge is -2.39. The van der Waals surface area contributed by atoms with Crippen molar-refractivity contribution in [1.29, 1.82) is 0 Å². The minimum Gasteiger partial charge on any atom is -0.353 e. The molecule has 2 aliphatic heterocycles. The minimum atomic E-state index is -0.907. The van der Waals surface area contributed by atoms with E-state index in [0.29, 0.717) is 18.8 Å². The van der Waals surface area contributed by atoms with Gasteiger partial charge in [0.25, 0.3) is 5.91 Å². The highest BCUT2D eigenvalue weighted by Crippen LogP contribution is 2.32. The highest BCUT2D eigenvalue weighted by atomic mass is 16.2. The summed E-state index contributed by atoms with van der Waals surface area (Å²) in [5, 5.41) is 6.10. The Balaban J connectivity index is 1.62. The number of para-hydroxylation sites is 1. The van der Waals surface area contributed by atoms with Gasteiger partial charge in [-0.1, -0.05) is 12.1 Å². The third kappa shape index (κ3) is 2.65. The predicted molar refractivity (Wildman–Crippen MR) is 104 cm³/mol. The number of anilines is 1. The van der Waals surface area contributed by atoms with Crippen LogP contribution >= 0.6 is 0 Å². The van der Waals surface area contributed by atoms with Crippen LogP contribution in [0.25, 0.3) is 22.3 Å². The molecular weight excluding hydrogens is 356 g/mol. The first-order chi connectivity index (χ1) is 13.6. The highest BCUT2D eigenvalue weighted by molar-refractivity contribution is 6.07. The second-order valence-corrected chi connectivity index (χ2v) is 7.15. The summed E-state index contributed by atoms with van der Waals surface area (Å²) in [7, 11) is 0. The van der Waals surface area contributed by atoms with E-state index in [2.05, 4.69) is 20.5 Å². The molecule has 0 radical (unpaired) electrons. The summed E-state index contributed by atoms with van der Waals surface area (Å²) in [6.07, 6.45) is 4.82. The zero-order valence-corrected chi connectivity index (χ0v) is 15.1. The number of carbonyl (C=O) groups is 2. The van der Waals surface area contributed by atoms with Crippen molar-refractivity contribution in [2.24, 2.45) is 0 Å². The van der Waals surface area contributed by atoms with Crippen molar-refractivity contribution in [3.05, 3.63) is 48.8 Å². The molecule has 8 nitrogen and oxygen atoms in total. The van der Waals surface area contributed by atoms with Gasteiger partial charge in [-0.2, -0.15) is 0 Å². The van der Waals surface area contributed by atoms with Crippen molar-refractivity contribution >= 4 is 28.7 Å². The standard InChI is InChI=1S/C20H18N6O2/c27-18-20(25-19(28)24-18)8-4-10-26(12-20)17-14-6-1-2-7-15(14)22-16(23-17)13-5-3-9-21-11-13/h1-3,5-7,9,11H,4,8,10,12H2,(H2,24,25,27,28). The molecule has 1 aromatic carbocycles. The second-order valence-electron chi connectivity index (χ2n) is 7.15. The van der Waals surface area contributed by atoms with Crippen LogP contribution in [0, 0.1) is 0 Å². The van der Waals surface area contributed by atoms with Gasteiger partial charge in [-0.05, 0) is 37.1 Å². The van der Waals surface area contributed by atoms with Gasteiger partial charge in [0.1, 0.15) is 11.4 Å². The van der Waals surface area contributed by atoms with Gasteiger partial charge in [-0.25, -0.2) is 14.8 Å². The molecule has 0 bridgehead atoms. The van der Waals surface area contributed by atoms with Gasteiger partial charge in [-0.15, -0.1) is 0 Å². The number of benzene rings is 1. The van der Waals surface area contributed by atoms with Crippen molar-refractivity contribution in [3.63, 3.8) is 0 Å². The van der Waals surface area contributed by atoms with Gasteiger partial charge < -0.3 is 10.2 Å². The van der Waals surface area contributed by atoms with E-state index in [1.165, 1.54) is 0 Å². The number of rotatable bonds is 2. The lowest BCUT2D eigenvalue weighted by Crippen LogP contribution is -2.58. The number of amides is 3. The van der Waals surface area contributed by atoms with E-state index in [0.717, 1.165) is 35.2 Å². The van der Waals surface area contributed by atoms with Gasteiger partial charge in [0, 0.05) is 29.9 Å². The summed E-state index contributed by atoms with van der Waals surface area (Å²) in [6, 6.07) is 11.1. The van der Waals surface area contributed by atoms with Crippen LogP contribution in [0.3, 0.4) is 0 Å². The van der Waals surface area contributed by atoms with E-state index in [-0.39, 0.29) is 5.91 Å². The minimum absolute atomic E-state index is 0.270. The Labute approximate surface area is 161 Å². The molecule has 2 fully saturated rings. The largest absolute Gasteiger partial charge is 0.353 e. The smallest absolute Gasteiger partial charge is 0.322 e. The van der Waals surface area contributed by atoms with Crippen molar-refractivity contribution in [2.45, 2.75) is 18.4 Å². The number of imide groups is 1. The number of hydrogen-bond acceptors (Lipinski definition) is 6. The Kier molecular flexibility index (Phi) is 3.71. The normalized spacial score (nSPS) is 21.8. The molecule has 5 rings (SSSR count). The first-order valence-electron chi connectivity index (χ1n) is 9.20. The van der Waals surface area contributed by atoms with Crippen molar-refractivity contribution < 1.29 is 9.59 Å². The number of carbonyl (C=O) groups excluding carboxylic acids is 2. The summed E-state index contributed by atoms with van der Waals surface area (Å²) < 4.78 is 0. The zero-order valence-electron chi connectivity index (χ0n) is 15.1. The summed E-state index contributed by atoms with van der Waals surface area (Å²) in [5.74, 6) is 1.08.